The second kappa shape index (κ2) is 7.84. The molecule has 1 aliphatic rings. The molecule has 2 N–H and O–H groups in total. The first-order chi connectivity index (χ1) is 14.2. The Morgan fingerprint density at radius 3 is 2.59 bits per heavy atom. The van der Waals surface area contributed by atoms with Gasteiger partial charge in [-0.1, -0.05) is 30.3 Å². The highest BCUT2D eigenvalue weighted by atomic mass is 16.5. The molecule has 0 saturated carbocycles. The van der Waals surface area contributed by atoms with E-state index in [0.29, 0.717) is 23.0 Å². The normalized spacial score (nSPS) is 15.3. The third kappa shape index (κ3) is 3.38. The fourth-order valence-corrected chi connectivity index (χ4v) is 4.21. The van der Waals surface area contributed by atoms with Crippen LogP contribution in [0, 0.1) is 11.3 Å². The number of nitrogens with two attached hydrogens (primary N) is 1. The Bertz CT molecular complexity index is 1090. The van der Waals surface area contributed by atoms with Crippen molar-refractivity contribution in [3.63, 3.8) is 0 Å². The zero-order valence-corrected chi connectivity index (χ0v) is 16.6. The molecular formula is C24H23N3O2. The van der Waals surface area contributed by atoms with E-state index in [4.69, 9.17) is 15.2 Å². The molecule has 0 radical (unpaired) electrons. The third-order valence-electron chi connectivity index (χ3n) is 5.65. The maximum atomic E-state index is 9.89. The SMILES string of the molecule is COc1ccc(OC)c(-c2c(C#N)c(N)nc3c2CC(c2ccccc2)CC3)c1. The van der Waals surface area contributed by atoms with Gasteiger partial charge in [0.15, 0.2) is 0 Å². The molecule has 0 amide bonds. The van der Waals surface area contributed by atoms with Crippen LogP contribution in [-0.4, -0.2) is 19.2 Å². The van der Waals surface area contributed by atoms with Crippen LogP contribution in [0.2, 0.25) is 0 Å². The zero-order valence-electron chi connectivity index (χ0n) is 16.6. The number of aromatic nitrogens is 1. The van der Waals surface area contributed by atoms with Gasteiger partial charge in [0.1, 0.15) is 28.9 Å². The summed E-state index contributed by atoms with van der Waals surface area (Å²) in [7, 11) is 3.25. The average molecular weight is 385 g/mol. The number of hydrogen-bond acceptors (Lipinski definition) is 5. The van der Waals surface area contributed by atoms with Crippen LogP contribution in [0.25, 0.3) is 11.1 Å². The Hall–Kier alpha value is -3.52. The van der Waals surface area contributed by atoms with Crippen molar-refractivity contribution in [2.24, 2.45) is 0 Å². The summed E-state index contributed by atoms with van der Waals surface area (Å²) in [6, 6.07) is 18.4. The molecule has 5 heteroatoms. The predicted molar refractivity (Wildman–Crippen MR) is 113 cm³/mol. The van der Waals surface area contributed by atoms with E-state index in [1.54, 1.807) is 14.2 Å². The molecule has 1 heterocycles. The molecule has 29 heavy (non-hydrogen) atoms. The van der Waals surface area contributed by atoms with Crippen molar-refractivity contribution in [1.82, 2.24) is 4.98 Å². The number of ether oxygens (including phenoxy) is 2. The highest BCUT2D eigenvalue weighted by Gasteiger charge is 2.28. The molecule has 0 bridgehead atoms. The lowest BCUT2D eigenvalue weighted by Gasteiger charge is -2.28. The van der Waals surface area contributed by atoms with Crippen molar-refractivity contribution >= 4 is 5.82 Å². The van der Waals surface area contributed by atoms with Gasteiger partial charge in [-0.05, 0) is 54.5 Å². The Balaban J connectivity index is 1.93. The van der Waals surface area contributed by atoms with Crippen LogP contribution in [0.1, 0.15) is 34.7 Å². The summed E-state index contributed by atoms with van der Waals surface area (Å²) in [6.45, 7) is 0. The molecule has 1 atom stereocenters. The van der Waals surface area contributed by atoms with E-state index >= 15 is 0 Å². The molecule has 1 aliphatic carbocycles. The fraction of sp³-hybridized carbons (Fsp3) is 0.250. The van der Waals surface area contributed by atoms with Crippen LogP contribution in [0.4, 0.5) is 5.82 Å². The predicted octanol–water partition coefficient (Wildman–Crippen LogP) is 4.49. The van der Waals surface area contributed by atoms with Crippen molar-refractivity contribution in [3.8, 4) is 28.7 Å². The van der Waals surface area contributed by atoms with E-state index < -0.39 is 0 Å². The molecule has 0 fully saturated rings. The minimum Gasteiger partial charge on any atom is -0.497 e. The topological polar surface area (TPSA) is 81.2 Å². The van der Waals surface area contributed by atoms with Gasteiger partial charge in [-0.3, -0.25) is 0 Å². The molecule has 2 aromatic carbocycles. The van der Waals surface area contributed by atoms with Crippen molar-refractivity contribution < 1.29 is 9.47 Å². The number of hydrogen-bond donors (Lipinski definition) is 1. The lowest BCUT2D eigenvalue weighted by molar-refractivity contribution is 0.404. The second-order valence-electron chi connectivity index (χ2n) is 7.20. The number of pyridine rings is 1. The Morgan fingerprint density at radius 2 is 1.90 bits per heavy atom. The van der Waals surface area contributed by atoms with Crippen LogP contribution < -0.4 is 15.2 Å². The van der Waals surface area contributed by atoms with Crippen LogP contribution in [-0.2, 0) is 12.8 Å². The number of nitrogens with zero attached hydrogens (tertiary/aromatic N) is 2. The molecule has 1 unspecified atom stereocenters. The highest BCUT2D eigenvalue weighted by Crippen LogP contribution is 2.44. The largest absolute Gasteiger partial charge is 0.497 e. The number of rotatable bonds is 4. The molecular weight excluding hydrogens is 362 g/mol. The van der Waals surface area contributed by atoms with Gasteiger partial charge in [-0.25, -0.2) is 4.98 Å². The lowest BCUT2D eigenvalue weighted by atomic mass is 9.78. The molecule has 0 aliphatic heterocycles. The Kier molecular flexibility index (Phi) is 5.09. The monoisotopic (exact) mass is 385 g/mol. The van der Waals surface area contributed by atoms with Crippen molar-refractivity contribution in [2.45, 2.75) is 25.2 Å². The molecule has 3 aromatic rings. The van der Waals surface area contributed by atoms with Crippen molar-refractivity contribution in [1.29, 1.82) is 5.26 Å². The van der Waals surface area contributed by atoms with Gasteiger partial charge in [0.05, 0.1) is 14.2 Å². The molecule has 0 saturated heterocycles. The first kappa shape index (κ1) is 18.8. The summed E-state index contributed by atoms with van der Waals surface area (Å²) >= 11 is 0. The van der Waals surface area contributed by atoms with Gasteiger partial charge in [0.2, 0.25) is 0 Å². The van der Waals surface area contributed by atoms with Crippen LogP contribution >= 0.6 is 0 Å². The summed E-state index contributed by atoms with van der Waals surface area (Å²) in [6.07, 6.45) is 2.63. The summed E-state index contributed by atoms with van der Waals surface area (Å²) in [4.78, 5) is 4.58. The van der Waals surface area contributed by atoms with Crippen molar-refractivity contribution in [3.05, 3.63) is 70.9 Å². The Morgan fingerprint density at radius 1 is 1.10 bits per heavy atom. The van der Waals surface area contributed by atoms with E-state index in [2.05, 4.69) is 35.3 Å². The second-order valence-corrected chi connectivity index (χ2v) is 7.20. The minimum absolute atomic E-state index is 0.268. The maximum absolute atomic E-state index is 9.89. The lowest BCUT2D eigenvalue weighted by Crippen LogP contribution is -2.17. The van der Waals surface area contributed by atoms with Gasteiger partial charge in [0, 0.05) is 16.8 Å². The van der Waals surface area contributed by atoms with E-state index in [1.807, 2.05) is 24.3 Å². The first-order valence-electron chi connectivity index (χ1n) is 9.65. The van der Waals surface area contributed by atoms with Crippen LogP contribution in [0.15, 0.2) is 48.5 Å². The first-order valence-corrected chi connectivity index (χ1v) is 9.65. The minimum atomic E-state index is 0.268. The van der Waals surface area contributed by atoms with E-state index in [-0.39, 0.29) is 5.82 Å². The quantitative estimate of drug-likeness (QED) is 0.715. The Labute approximate surface area is 170 Å². The summed E-state index contributed by atoms with van der Waals surface area (Å²) in [5.41, 5.74) is 11.5. The van der Waals surface area contributed by atoms with E-state index in [9.17, 15) is 5.26 Å². The fourth-order valence-electron chi connectivity index (χ4n) is 4.21. The molecule has 5 nitrogen and oxygen atoms in total. The number of fused-ring (bicyclic) bond motifs is 1. The zero-order chi connectivity index (χ0) is 20.4. The molecule has 146 valence electrons. The van der Waals surface area contributed by atoms with Gasteiger partial charge in [-0.15, -0.1) is 0 Å². The summed E-state index contributed by atoms with van der Waals surface area (Å²) < 4.78 is 11.0. The van der Waals surface area contributed by atoms with Gasteiger partial charge < -0.3 is 15.2 Å². The summed E-state index contributed by atoms with van der Waals surface area (Å²) in [5.74, 6) is 2.02. The van der Waals surface area contributed by atoms with Crippen molar-refractivity contribution in [2.75, 3.05) is 20.0 Å². The van der Waals surface area contributed by atoms with Gasteiger partial charge in [0.25, 0.3) is 0 Å². The smallest absolute Gasteiger partial charge is 0.142 e. The number of benzene rings is 2. The number of aryl methyl sites for hydroxylation is 1. The average Bonchev–Trinajstić information content (AvgIpc) is 2.78. The van der Waals surface area contributed by atoms with Gasteiger partial charge in [-0.2, -0.15) is 5.26 Å². The van der Waals surface area contributed by atoms with Gasteiger partial charge >= 0.3 is 0 Å². The summed E-state index contributed by atoms with van der Waals surface area (Å²) in [5, 5.41) is 9.89. The molecule has 4 rings (SSSR count). The number of methoxy groups -OCH3 is 2. The molecule has 1 aromatic heterocycles. The highest BCUT2D eigenvalue weighted by molar-refractivity contribution is 5.83. The van der Waals surface area contributed by atoms with Crippen LogP contribution in [0.3, 0.4) is 0 Å². The van der Waals surface area contributed by atoms with E-state index in [1.165, 1.54) is 5.56 Å². The van der Waals surface area contributed by atoms with E-state index in [0.717, 1.165) is 41.6 Å². The number of nitriles is 1. The maximum Gasteiger partial charge on any atom is 0.142 e. The molecule has 0 spiro atoms. The standard InChI is InChI=1S/C24H23N3O2/c1-28-17-9-11-22(29-2)19(13-17)23-18-12-16(15-6-4-3-5-7-15)8-10-21(18)27-24(26)20(23)14-25/h3-7,9,11,13,16H,8,10,12H2,1-2H3,(H2,26,27). The third-order valence-corrected chi connectivity index (χ3v) is 5.65. The number of nitrogen functional groups attached to an aromatic ring is 1. The van der Waals surface area contributed by atoms with Crippen LogP contribution in [0.5, 0.6) is 11.5 Å². The number of anilines is 1.